The van der Waals surface area contributed by atoms with Crippen molar-refractivity contribution in [2.45, 2.75) is 38.6 Å². The van der Waals surface area contributed by atoms with Crippen LogP contribution in [0.4, 0.5) is 10.5 Å². The molecule has 0 aromatic heterocycles. The number of urea groups is 1. The summed E-state index contributed by atoms with van der Waals surface area (Å²) in [6.07, 6.45) is 1.55. The molecular formula is C17H21N3O3. The Morgan fingerprint density at radius 1 is 1.26 bits per heavy atom. The summed E-state index contributed by atoms with van der Waals surface area (Å²) in [6.45, 7) is 4.58. The van der Waals surface area contributed by atoms with Crippen LogP contribution in [0.15, 0.2) is 24.3 Å². The molecule has 0 radical (unpaired) electrons. The Morgan fingerprint density at radius 3 is 2.57 bits per heavy atom. The van der Waals surface area contributed by atoms with Crippen LogP contribution < -0.4 is 5.32 Å². The third kappa shape index (κ3) is 2.93. The van der Waals surface area contributed by atoms with Gasteiger partial charge >= 0.3 is 6.03 Å². The van der Waals surface area contributed by atoms with Crippen LogP contribution in [0.2, 0.25) is 0 Å². The molecule has 2 aliphatic rings. The molecule has 0 spiro atoms. The molecule has 122 valence electrons. The summed E-state index contributed by atoms with van der Waals surface area (Å²) in [7, 11) is 0. The standard InChI is InChI=1S/C17H21N3O3/c1-11(2)12-5-7-13(8-6-12)18-15(21)10-20-16(22)14-4-3-9-19(14)17(20)23/h5-8,11,14H,3-4,9-10H2,1-2H3,(H,18,21). The largest absolute Gasteiger partial charge is 0.327 e. The fraction of sp³-hybridized carbons (Fsp3) is 0.471. The van der Waals surface area contributed by atoms with Crippen molar-refractivity contribution in [3.63, 3.8) is 0 Å². The van der Waals surface area contributed by atoms with Crippen molar-refractivity contribution in [3.05, 3.63) is 29.8 Å². The van der Waals surface area contributed by atoms with Gasteiger partial charge in [0.2, 0.25) is 5.91 Å². The molecule has 0 aliphatic carbocycles. The molecule has 2 aliphatic heterocycles. The summed E-state index contributed by atoms with van der Waals surface area (Å²) in [5.41, 5.74) is 1.85. The summed E-state index contributed by atoms with van der Waals surface area (Å²) in [4.78, 5) is 39.1. The number of amides is 4. The van der Waals surface area contributed by atoms with Gasteiger partial charge in [0, 0.05) is 12.2 Å². The number of nitrogens with zero attached hydrogens (tertiary/aromatic N) is 2. The summed E-state index contributed by atoms with van der Waals surface area (Å²) < 4.78 is 0. The molecular weight excluding hydrogens is 294 g/mol. The Balaban J connectivity index is 1.61. The van der Waals surface area contributed by atoms with E-state index in [0.29, 0.717) is 24.6 Å². The van der Waals surface area contributed by atoms with Gasteiger partial charge in [-0.05, 0) is 36.5 Å². The van der Waals surface area contributed by atoms with E-state index in [1.165, 1.54) is 5.56 Å². The first-order chi connectivity index (χ1) is 11.0. The molecule has 2 heterocycles. The van der Waals surface area contributed by atoms with Crippen molar-refractivity contribution in [1.29, 1.82) is 0 Å². The minimum absolute atomic E-state index is 0.226. The third-order valence-corrected chi connectivity index (χ3v) is 4.44. The van der Waals surface area contributed by atoms with Crippen LogP contribution in [-0.2, 0) is 9.59 Å². The highest BCUT2D eigenvalue weighted by Gasteiger charge is 2.47. The van der Waals surface area contributed by atoms with Crippen molar-refractivity contribution in [2.24, 2.45) is 0 Å². The Labute approximate surface area is 135 Å². The van der Waals surface area contributed by atoms with Gasteiger partial charge in [-0.25, -0.2) is 4.79 Å². The summed E-state index contributed by atoms with van der Waals surface area (Å²) in [5.74, 6) is -0.184. The molecule has 1 atom stereocenters. The van der Waals surface area contributed by atoms with Crippen LogP contribution in [0.5, 0.6) is 0 Å². The van der Waals surface area contributed by atoms with E-state index in [4.69, 9.17) is 0 Å². The average molecular weight is 315 g/mol. The van der Waals surface area contributed by atoms with E-state index >= 15 is 0 Å². The van der Waals surface area contributed by atoms with Crippen LogP contribution in [0.25, 0.3) is 0 Å². The lowest BCUT2D eigenvalue weighted by molar-refractivity contribution is -0.131. The van der Waals surface area contributed by atoms with E-state index in [1.54, 1.807) is 4.90 Å². The van der Waals surface area contributed by atoms with Crippen molar-refractivity contribution in [1.82, 2.24) is 9.80 Å². The van der Waals surface area contributed by atoms with Gasteiger partial charge in [0.25, 0.3) is 5.91 Å². The zero-order valence-corrected chi connectivity index (χ0v) is 13.4. The molecule has 23 heavy (non-hydrogen) atoms. The molecule has 1 aromatic carbocycles. The lowest BCUT2D eigenvalue weighted by Crippen LogP contribution is -2.39. The first-order valence-corrected chi connectivity index (χ1v) is 7.99. The quantitative estimate of drug-likeness (QED) is 0.866. The van der Waals surface area contributed by atoms with Crippen molar-refractivity contribution in [2.75, 3.05) is 18.4 Å². The minimum atomic E-state index is -0.361. The van der Waals surface area contributed by atoms with E-state index in [9.17, 15) is 14.4 Å². The van der Waals surface area contributed by atoms with Crippen LogP contribution in [0.3, 0.4) is 0 Å². The topological polar surface area (TPSA) is 69.7 Å². The molecule has 1 N–H and O–H groups in total. The zero-order chi connectivity index (χ0) is 16.6. The average Bonchev–Trinajstić information content (AvgIpc) is 3.08. The number of nitrogens with one attached hydrogen (secondary N) is 1. The van der Waals surface area contributed by atoms with Gasteiger partial charge in [-0.1, -0.05) is 26.0 Å². The number of hydrogen-bond donors (Lipinski definition) is 1. The molecule has 0 bridgehead atoms. The third-order valence-electron chi connectivity index (χ3n) is 4.44. The molecule has 6 nitrogen and oxygen atoms in total. The number of carbonyl (C=O) groups excluding carboxylic acids is 3. The highest BCUT2D eigenvalue weighted by molar-refractivity contribution is 6.08. The molecule has 2 saturated heterocycles. The highest BCUT2D eigenvalue weighted by atomic mass is 16.2. The van der Waals surface area contributed by atoms with Gasteiger partial charge in [-0.3, -0.25) is 14.5 Å². The number of fused-ring (bicyclic) bond motifs is 1. The van der Waals surface area contributed by atoms with Crippen LogP contribution in [0.1, 0.15) is 38.2 Å². The van der Waals surface area contributed by atoms with Crippen molar-refractivity contribution < 1.29 is 14.4 Å². The number of imide groups is 1. The van der Waals surface area contributed by atoms with E-state index in [1.807, 2.05) is 24.3 Å². The van der Waals surface area contributed by atoms with E-state index in [-0.39, 0.29) is 30.4 Å². The Bertz CT molecular complexity index is 617. The molecule has 6 heteroatoms. The second-order valence-corrected chi connectivity index (χ2v) is 6.38. The van der Waals surface area contributed by atoms with Crippen LogP contribution >= 0.6 is 0 Å². The van der Waals surface area contributed by atoms with E-state index < -0.39 is 0 Å². The first kappa shape index (κ1) is 15.5. The number of anilines is 1. The predicted octanol–water partition coefficient (Wildman–Crippen LogP) is 2.18. The molecule has 1 unspecified atom stereocenters. The van der Waals surface area contributed by atoms with Crippen molar-refractivity contribution >= 4 is 23.5 Å². The lowest BCUT2D eigenvalue weighted by atomic mass is 10.0. The zero-order valence-electron chi connectivity index (χ0n) is 13.4. The second-order valence-electron chi connectivity index (χ2n) is 6.38. The molecule has 3 rings (SSSR count). The summed E-state index contributed by atoms with van der Waals surface area (Å²) >= 11 is 0. The smallest absolute Gasteiger partial charge is 0.325 e. The maximum Gasteiger partial charge on any atom is 0.327 e. The fourth-order valence-corrected chi connectivity index (χ4v) is 3.12. The second kappa shape index (κ2) is 6.02. The monoisotopic (exact) mass is 315 g/mol. The number of benzene rings is 1. The summed E-state index contributed by atoms with van der Waals surface area (Å²) in [5, 5.41) is 2.74. The van der Waals surface area contributed by atoms with Gasteiger partial charge in [0.15, 0.2) is 0 Å². The van der Waals surface area contributed by atoms with Gasteiger partial charge < -0.3 is 10.2 Å². The Morgan fingerprint density at radius 2 is 1.96 bits per heavy atom. The Kier molecular flexibility index (Phi) is 4.07. The van der Waals surface area contributed by atoms with Crippen LogP contribution in [-0.4, -0.2) is 46.8 Å². The van der Waals surface area contributed by atoms with Gasteiger partial charge in [0.1, 0.15) is 12.6 Å². The fourth-order valence-electron chi connectivity index (χ4n) is 3.12. The maximum atomic E-state index is 12.2. The van der Waals surface area contributed by atoms with Crippen molar-refractivity contribution in [3.8, 4) is 0 Å². The predicted molar refractivity (Wildman–Crippen MR) is 86.0 cm³/mol. The minimum Gasteiger partial charge on any atom is -0.325 e. The van der Waals surface area contributed by atoms with Crippen LogP contribution in [0, 0.1) is 0 Å². The highest BCUT2D eigenvalue weighted by Crippen LogP contribution is 2.27. The van der Waals surface area contributed by atoms with Gasteiger partial charge in [-0.2, -0.15) is 0 Å². The SMILES string of the molecule is CC(C)c1ccc(NC(=O)CN2C(=O)C3CCCN3C2=O)cc1. The number of hydrogen-bond acceptors (Lipinski definition) is 3. The number of carbonyl (C=O) groups is 3. The van der Waals surface area contributed by atoms with Gasteiger partial charge in [0.05, 0.1) is 0 Å². The van der Waals surface area contributed by atoms with E-state index in [0.717, 1.165) is 11.3 Å². The van der Waals surface area contributed by atoms with E-state index in [2.05, 4.69) is 19.2 Å². The number of rotatable bonds is 4. The summed E-state index contributed by atoms with van der Waals surface area (Å²) in [6, 6.07) is 6.88. The normalized spacial score (nSPS) is 20.4. The molecule has 2 fully saturated rings. The molecule has 4 amide bonds. The molecule has 0 saturated carbocycles. The lowest BCUT2D eigenvalue weighted by Gasteiger charge is -2.15. The van der Waals surface area contributed by atoms with Gasteiger partial charge in [-0.15, -0.1) is 0 Å². The molecule has 1 aromatic rings. The maximum absolute atomic E-state index is 12.2. The Hall–Kier alpha value is -2.37. The first-order valence-electron chi connectivity index (χ1n) is 7.99.